The molecule has 256 valence electrons. The summed E-state index contributed by atoms with van der Waals surface area (Å²) in [6.07, 6.45) is 19.2. The van der Waals surface area contributed by atoms with E-state index in [-0.39, 0.29) is 16.9 Å². The van der Waals surface area contributed by atoms with Crippen molar-refractivity contribution >= 4 is 67.4 Å². The molecule has 2 aromatic heterocycles. The van der Waals surface area contributed by atoms with Crippen LogP contribution in [0.15, 0.2) is 103 Å². The molecule has 0 saturated carbocycles. The van der Waals surface area contributed by atoms with Crippen molar-refractivity contribution in [3.05, 3.63) is 141 Å². The number of benzene rings is 4. The summed E-state index contributed by atoms with van der Waals surface area (Å²) in [7, 11) is 0. The average molecular weight is 675 g/mol. The fourth-order valence-corrected chi connectivity index (χ4v) is 10.4. The Morgan fingerprint density at radius 3 is 2.21 bits per heavy atom. The smallest absolute Gasteiger partial charge is 0.0708 e. The van der Waals surface area contributed by atoms with Crippen LogP contribution in [-0.2, 0) is 5.41 Å². The number of fused-ring (bicyclic) bond motifs is 12. The predicted octanol–water partition coefficient (Wildman–Crippen LogP) is 11.6. The third-order valence-corrected chi connectivity index (χ3v) is 13.0. The standard InChI is InChI=1S/C50H46N2/c1-49(2,3)31-19-15-29(16-20-31)33-23-25-35-39-27-44-40(28-43(39)51-41-13-9-7-11-37(41)45(33)47(35)51)36-26-24-34(30-17-21-32(22-18-30)50(4,5)6)46-38-12-8-10-14-42(38)52(44)48(36)46/h7,9,11-17,19-21,23-28,45,47H,8,10,18,22H2,1-6H3/t45-,47?/m1/s1. The molecule has 0 amide bonds. The van der Waals surface area contributed by atoms with E-state index in [9.17, 15) is 0 Å². The molecule has 2 aliphatic heterocycles. The van der Waals surface area contributed by atoms with Crippen molar-refractivity contribution in [1.82, 2.24) is 4.40 Å². The number of para-hydroxylation sites is 1. The molecule has 52 heavy (non-hydrogen) atoms. The van der Waals surface area contributed by atoms with Gasteiger partial charge in [0.2, 0.25) is 0 Å². The number of aromatic nitrogens is 1. The molecule has 2 heteroatoms. The molecule has 0 N–H and O–H groups in total. The molecule has 3 aliphatic carbocycles. The molecule has 11 rings (SSSR count). The highest BCUT2D eigenvalue weighted by Crippen LogP contribution is 2.61. The summed E-state index contributed by atoms with van der Waals surface area (Å²) in [5.41, 5.74) is 18.7. The van der Waals surface area contributed by atoms with Crippen molar-refractivity contribution in [3.8, 4) is 0 Å². The molecule has 4 aromatic carbocycles. The highest BCUT2D eigenvalue weighted by atomic mass is 15.2. The zero-order valence-electron chi connectivity index (χ0n) is 31.3. The van der Waals surface area contributed by atoms with Crippen LogP contribution in [0.3, 0.4) is 0 Å². The molecule has 4 heterocycles. The van der Waals surface area contributed by atoms with Gasteiger partial charge in [-0.1, -0.05) is 138 Å². The van der Waals surface area contributed by atoms with Crippen LogP contribution in [0.25, 0.3) is 56.1 Å². The first kappa shape index (κ1) is 30.5. The predicted molar refractivity (Wildman–Crippen MR) is 222 cm³/mol. The highest BCUT2D eigenvalue weighted by molar-refractivity contribution is 6.19. The summed E-state index contributed by atoms with van der Waals surface area (Å²) in [6, 6.07) is 28.8. The van der Waals surface area contributed by atoms with E-state index in [2.05, 4.69) is 160 Å². The van der Waals surface area contributed by atoms with Crippen LogP contribution in [0, 0.1) is 5.41 Å². The summed E-state index contributed by atoms with van der Waals surface area (Å²) in [6.45, 7) is 13.9. The number of hydrogen-bond acceptors (Lipinski definition) is 1. The van der Waals surface area contributed by atoms with E-state index in [1.807, 2.05) is 0 Å². The van der Waals surface area contributed by atoms with Crippen LogP contribution < -0.4 is 15.5 Å². The lowest BCUT2D eigenvalue weighted by atomic mass is 9.76. The molecular weight excluding hydrogens is 629 g/mol. The van der Waals surface area contributed by atoms with Gasteiger partial charge in [-0.3, -0.25) is 0 Å². The fourth-order valence-electron chi connectivity index (χ4n) is 10.4. The molecule has 0 spiro atoms. The Balaban J connectivity index is 1.14. The van der Waals surface area contributed by atoms with Crippen molar-refractivity contribution in [3.63, 3.8) is 0 Å². The molecule has 0 fully saturated rings. The number of rotatable bonds is 2. The first-order valence-electron chi connectivity index (χ1n) is 19.5. The van der Waals surface area contributed by atoms with Gasteiger partial charge in [0, 0.05) is 43.9 Å². The van der Waals surface area contributed by atoms with E-state index in [4.69, 9.17) is 0 Å². The summed E-state index contributed by atoms with van der Waals surface area (Å²) in [5.74, 6) is 0.291. The van der Waals surface area contributed by atoms with Crippen LogP contribution in [-0.4, -0.2) is 10.4 Å². The molecule has 0 saturated heterocycles. The normalized spacial score (nSPS) is 20.5. The van der Waals surface area contributed by atoms with Gasteiger partial charge < -0.3 is 9.30 Å². The number of anilines is 2. The van der Waals surface area contributed by atoms with Gasteiger partial charge in [-0.2, -0.15) is 0 Å². The Labute approximate surface area is 306 Å². The third-order valence-electron chi connectivity index (χ3n) is 13.0. The SMILES string of the molecule is CC(C)(C)C1=CC=C(c2ccc3c4cc5c(cc4n4c6c(c2c34)=CCCC=6)C2=CC=C(c3ccc(C(C)(C)C)cc3)[C@@H]3c4ccccc4N5C23)CC1. The first-order chi connectivity index (χ1) is 25.1. The lowest BCUT2D eigenvalue weighted by Crippen LogP contribution is -2.28. The maximum atomic E-state index is 2.68. The molecule has 5 aliphatic rings. The second kappa shape index (κ2) is 10.3. The second-order valence-corrected chi connectivity index (χ2v) is 17.9. The number of hydrogen-bond donors (Lipinski definition) is 0. The minimum Gasteiger partial charge on any atom is -0.332 e. The minimum absolute atomic E-state index is 0.137. The first-order valence-corrected chi connectivity index (χ1v) is 19.5. The molecule has 2 nitrogen and oxygen atoms in total. The van der Waals surface area contributed by atoms with Crippen molar-refractivity contribution < 1.29 is 0 Å². The van der Waals surface area contributed by atoms with E-state index < -0.39 is 0 Å². The number of allylic oxidation sites excluding steroid dienone is 6. The second-order valence-electron chi connectivity index (χ2n) is 17.9. The van der Waals surface area contributed by atoms with Gasteiger partial charge in [-0.15, -0.1) is 0 Å². The third kappa shape index (κ3) is 4.01. The van der Waals surface area contributed by atoms with E-state index in [1.165, 1.54) is 93.7 Å². The monoisotopic (exact) mass is 674 g/mol. The lowest BCUT2D eigenvalue weighted by molar-refractivity contribution is 0.482. The van der Waals surface area contributed by atoms with E-state index in [1.54, 1.807) is 5.57 Å². The van der Waals surface area contributed by atoms with Gasteiger partial charge in [0.05, 0.1) is 22.8 Å². The maximum absolute atomic E-state index is 2.68. The maximum Gasteiger partial charge on any atom is 0.0708 e. The zero-order valence-corrected chi connectivity index (χ0v) is 31.3. The summed E-state index contributed by atoms with van der Waals surface area (Å²) >= 11 is 0. The van der Waals surface area contributed by atoms with Gasteiger partial charge in [-0.05, 0) is 93.7 Å². The molecule has 6 aromatic rings. The summed E-state index contributed by atoms with van der Waals surface area (Å²) in [5, 5.41) is 7.01. The fraction of sp³-hybridized carbons (Fsp3) is 0.280. The molecule has 0 radical (unpaired) electrons. The largest absolute Gasteiger partial charge is 0.332 e. The number of nitrogens with zero attached hydrogens (tertiary/aromatic N) is 2. The van der Waals surface area contributed by atoms with E-state index in [0.717, 1.165) is 25.7 Å². The van der Waals surface area contributed by atoms with Gasteiger partial charge in [0.15, 0.2) is 0 Å². The van der Waals surface area contributed by atoms with Crippen LogP contribution in [0.5, 0.6) is 0 Å². The van der Waals surface area contributed by atoms with Crippen LogP contribution in [0.4, 0.5) is 11.4 Å². The Hall–Kier alpha value is -5.08. The average Bonchev–Trinajstić information content (AvgIpc) is 3.86. The van der Waals surface area contributed by atoms with Crippen molar-refractivity contribution in [2.75, 3.05) is 4.90 Å². The van der Waals surface area contributed by atoms with Crippen LogP contribution in [0.1, 0.15) is 101 Å². The molecule has 2 atom stereocenters. The highest BCUT2D eigenvalue weighted by Gasteiger charge is 2.49. The van der Waals surface area contributed by atoms with Gasteiger partial charge in [0.25, 0.3) is 0 Å². The summed E-state index contributed by atoms with van der Waals surface area (Å²) < 4.78 is 2.63. The molecule has 0 bridgehead atoms. The van der Waals surface area contributed by atoms with Crippen LogP contribution in [0.2, 0.25) is 0 Å². The molecular formula is C50H46N2. The van der Waals surface area contributed by atoms with Gasteiger partial charge in [0.1, 0.15) is 0 Å². The lowest BCUT2D eigenvalue weighted by Gasteiger charge is -2.29. The quantitative estimate of drug-likeness (QED) is 0.177. The molecule has 1 unspecified atom stereocenters. The van der Waals surface area contributed by atoms with Crippen molar-refractivity contribution in [1.29, 1.82) is 0 Å². The summed E-state index contributed by atoms with van der Waals surface area (Å²) in [4.78, 5) is 2.68. The van der Waals surface area contributed by atoms with E-state index >= 15 is 0 Å². The minimum atomic E-state index is 0.137. The van der Waals surface area contributed by atoms with E-state index in [0.29, 0.717) is 5.92 Å². The van der Waals surface area contributed by atoms with Crippen LogP contribution >= 0.6 is 0 Å². The topological polar surface area (TPSA) is 7.65 Å². The Morgan fingerprint density at radius 1 is 0.654 bits per heavy atom. The Morgan fingerprint density at radius 2 is 1.44 bits per heavy atom. The van der Waals surface area contributed by atoms with Crippen molar-refractivity contribution in [2.24, 2.45) is 5.41 Å². The Kier molecular flexibility index (Phi) is 6.04. The van der Waals surface area contributed by atoms with Crippen molar-refractivity contribution in [2.45, 2.75) is 84.6 Å². The van der Waals surface area contributed by atoms with Gasteiger partial charge >= 0.3 is 0 Å². The van der Waals surface area contributed by atoms with Gasteiger partial charge in [-0.25, -0.2) is 0 Å². The Bertz CT molecular complexity index is 2800. The zero-order chi connectivity index (χ0) is 35.3.